The first-order chi connectivity index (χ1) is 9.62. The molecule has 0 unspecified atom stereocenters. The van der Waals surface area contributed by atoms with Crippen molar-refractivity contribution >= 4 is 5.82 Å². The van der Waals surface area contributed by atoms with Gasteiger partial charge in [-0.2, -0.15) is 0 Å². The second kappa shape index (κ2) is 7.04. The number of aryl methyl sites for hydroxylation is 1. The molecule has 1 aromatic heterocycles. The Kier molecular flexibility index (Phi) is 5.38. The molecule has 1 N–H and O–H groups in total. The van der Waals surface area contributed by atoms with Crippen molar-refractivity contribution in [2.24, 2.45) is 5.92 Å². The van der Waals surface area contributed by atoms with E-state index in [-0.39, 0.29) is 6.61 Å². The Morgan fingerprint density at radius 3 is 2.65 bits per heavy atom. The maximum atomic E-state index is 9.36. The number of anilines is 1. The highest BCUT2D eigenvalue weighted by Crippen LogP contribution is 2.21. The largest absolute Gasteiger partial charge is 0.392 e. The number of nitrogens with zero attached hydrogens (tertiary/aromatic N) is 3. The summed E-state index contributed by atoms with van der Waals surface area (Å²) < 4.78 is 0. The number of likely N-dealkylation sites (tertiary alicyclic amines) is 1. The second-order valence-electron chi connectivity index (χ2n) is 5.96. The van der Waals surface area contributed by atoms with Gasteiger partial charge in [0.1, 0.15) is 5.82 Å². The van der Waals surface area contributed by atoms with Gasteiger partial charge in [0.25, 0.3) is 0 Å². The summed E-state index contributed by atoms with van der Waals surface area (Å²) in [5.41, 5.74) is 2.02. The monoisotopic (exact) mass is 277 g/mol. The van der Waals surface area contributed by atoms with Gasteiger partial charge in [-0.1, -0.05) is 6.92 Å². The van der Waals surface area contributed by atoms with Crippen molar-refractivity contribution in [3.8, 4) is 0 Å². The van der Waals surface area contributed by atoms with Gasteiger partial charge in [0.05, 0.1) is 6.61 Å². The molecular weight excluding hydrogens is 250 g/mol. The first kappa shape index (κ1) is 15.3. The fourth-order valence-corrected chi connectivity index (χ4v) is 2.83. The van der Waals surface area contributed by atoms with Gasteiger partial charge in [0.15, 0.2) is 0 Å². The minimum Gasteiger partial charge on any atom is -0.392 e. The van der Waals surface area contributed by atoms with Crippen LogP contribution in [0.15, 0.2) is 12.1 Å². The molecular formula is C16H27N3O. The maximum Gasteiger partial charge on any atom is 0.128 e. The lowest BCUT2D eigenvalue weighted by Crippen LogP contribution is -2.36. The molecule has 0 aliphatic carbocycles. The summed E-state index contributed by atoms with van der Waals surface area (Å²) in [6.45, 7) is 5.64. The quantitative estimate of drug-likeness (QED) is 0.892. The van der Waals surface area contributed by atoms with Crippen molar-refractivity contribution in [1.29, 1.82) is 0 Å². The van der Waals surface area contributed by atoms with E-state index in [0.29, 0.717) is 0 Å². The van der Waals surface area contributed by atoms with Gasteiger partial charge >= 0.3 is 0 Å². The standard InChI is InChI=1S/C16H27N3O/c1-4-15-9-14(12-20)10-16(17-15)19(3)11-13-5-7-18(2)8-6-13/h9-10,13,20H,4-8,11-12H2,1-3H3. The highest BCUT2D eigenvalue weighted by Gasteiger charge is 2.19. The van der Waals surface area contributed by atoms with Crippen LogP contribution in [0.4, 0.5) is 5.82 Å². The number of aliphatic hydroxyl groups excluding tert-OH is 1. The van der Waals surface area contributed by atoms with E-state index >= 15 is 0 Å². The van der Waals surface area contributed by atoms with Gasteiger partial charge in [-0.15, -0.1) is 0 Å². The van der Waals surface area contributed by atoms with E-state index in [0.717, 1.165) is 36.0 Å². The Morgan fingerprint density at radius 1 is 1.35 bits per heavy atom. The Labute approximate surface area is 122 Å². The summed E-state index contributed by atoms with van der Waals surface area (Å²) in [6.07, 6.45) is 3.44. The van der Waals surface area contributed by atoms with Gasteiger partial charge < -0.3 is 14.9 Å². The molecule has 1 aromatic rings. The predicted molar refractivity (Wildman–Crippen MR) is 83.0 cm³/mol. The number of pyridine rings is 1. The zero-order chi connectivity index (χ0) is 14.5. The van der Waals surface area contributed by atoms with Crippen LogP contribution in [0.3, 0.4) is 0 Å². The molecule has 112 valence electrons. The van der Waals surface area contributed by atoms with Crippen LogP contribution in [0.5, 0.6) is 0 Å². The van der Waals surface area contributed by atoms with E-state index in [9.17, 15) is 5.11 Å². The molecule has 2 rings (SSSR count). The lowest BCUT2D eigenvalue weighted by atomic mass is 9.96. The van der Waals surface area contributed by atoms with E-state index in [1.54, 1.807) is 0 Å². The van der Waals surface area contributed by atoms with Crippen LogP contribution in [-0.4, -0.2) is 48.7 Å². The zero-order valence-corrected chi connectivity index (χ0v) is 13.0. The average molecular weight is 277 g/mol. The smallest absolute Gasteiger partial charge is 0.128 e. The van der Waals surface area contributed by atoms with E-state index < -0.39 is 0 Å². The molecule has 0 aromatic carbocycles. The van der Waals surface area contributed by atoms with Crippen molar-refractivity contribution in [1.82, 2.24) is 9.88 Å². The molecule has 20 heavy (non-hydrogen) atoms. The third-order valence-corrected chi connectivity index (χ3v) is 4.23. The van der Waals surface area contributed by atoms with Crippen molar-refractivity contribution < 1.29 is 5.11 Å². The van der Waals surface area contributed by atoms with Crippen LogP contribution < -0.4 is 4.90 Å². The van der Waals surface area contributed by atoms with Crippen molar-refractivity contribution in [3.05, 3.63) is 23.4 Å². The summed E-state index contributed by atoms with van der Waals surface area (Å²) in [7, 11) is 4.31. The third kappa shape index (κ3) is 3.93. The summed E-state index contributed by atoms with van der Waals surface area (Å²) in [5.74, 6) is 1.74. The molecule has 0 saturated carbocycles. The van der Waals surface area contributed by atoms with Gasteiger partial charge in [-0.05, 0) is 63.0 Å². The molecule has 0 bridgehead atoms. The maximum absolute atomic E-state index is 9.36. The van der Waals surface area contributed by atoms with Crippen LogP contribution >= 0.6 is 0 Å². The highest BCUT2D eigenvalue weighted by atomic mass is 16.3. The number of piperidine rings is 1. The van der Waals surface area contributed by atoms with E-state index in [4.69, 9.17) is 0 Å². The van der Waals surface area contributed by atoms with Crippen molar-refractivity contribution in [2.45, 2.75) is 32.8 Å². The number of aromatic nitrogens is 1. The predicted octanol–water partition coefficient (Wildman–Crippen LogP) is 1.91. The molecule has 2 heterocycles. The van der Waals surface area contributed by atoms with Gasteiger partial charge in [-0.3, -0.25) is 0 Å². The van der Waals surface area contributed by atoms with E-state index in [1.807, 2.05) is 12.1 Å². The van der Waals surface area contributed by atoms with Gasteiger partial charge in [0.2, 0.25) is 0 Å². The summed E-state index contributed by atoms with van der Waals surface area (Å²) in [6, 6.07) is 4.00. The lowest BCUT2D eigenvalue weighted by Gasteiger charge is -2.32. The molecule has 1 fully saturated rings. The number of aliphatic hydroxyl groups is 1. The number of rotatable bonds is 5. The molecule has 1 aliphatic rings. The number of hydrogen-bond donors (Lipinski definition) is 1. The fraction of sp³-hybridized carbons (Fsp3) is 0.688. The number of hydrogen-bond acceptors (Lipinski definition) is 4. The third-order valence-electron chi connectivity index (χ3n) is 4.23. The molecule has 0 spiro atoms. The van der Waals surface area contributed by atoms with Crippen LogP contribution in [-0.2, 0) is 13.0 Å². The first-order valence-corrected chi connectivity index (χ1v) is 7.62. The van der Waals surface area contributed by atoms with Crippen LogP contribution in [0, 0.1) is 5.92 Å². The molecule has 0 atom stereocenters. The topological polar surface area (TPSA) is 39.6 Å². The lowest BCUT2D eigenvalue weighted by molar-refractivity contribution is 0.222. The van der Waals surface area contributed by atoms with Crippen molar-refractivity contribution in [3.63, 3.8) is 0 Å². The summed E-state index contributed by atoms with van der Waals surface area (Å²) in [5, 5.41) is 9.36. The summed E-state index contributed by atoms with van der Waals surface area (Å²) >= 11 is 0. The minimum atomic E-state index is 0.0879. The van der Waals surface area contributed by atoms with E-state index in [2.05, 4.69) is 35.8 Å². The Hall–Kier alpha value is -1.13. The normalized spacial score (nSPS) is 17.4. The Morgan fingerprint density at radius 2 is 2.05 bits per heavy atom. The van der Waals surface area contributed by atoms with Crippen LogP contribution in [0.1, 0.15) is 31.0 Å². The Bertz CT molecular complexity index is 405. The molecule has 0 radical (unpaired) electrons. The van der Waals surface area contributed by atoms with E-state index in [1.165, 1.54) is 25.9 Å². The molecule has 1 saturated heterocycles. The second-order valence-corrected chi connectivity index (χ2v) is 5.96. The molecule has 0 amide bonds. The van der Waals surface area contributed by atoms with Gasteiger partial charge in [-0.25, -0.2) is 4.98 Å². The SMILES string of the molecule is CCc1cc(CO)cc(N(C)CC2CCN(C)CC2)n1. The first-order valence-electron chi connectivity index (χ1n) is 7.62. The molecule has 4 heteroatoms. The average Bonchev–Trinajstić information content (AvgIpc) is 2.48. The highest BCUT2D eigenvalue weighted by molar-refractivity contribution is 5.42. The Balaban J connectivity index is 2.02. The fourth-order valence-electron chi connectivity index (χ4n) is 2.83. The van der Waals surface area contributed by atoms with Gasteiger partial charge in [0, 0.05) is 19.3 Å². The minimum absolute atomic E-state index is 0.0879. The molecule has 4 nitrogen and oxygen atoms in total. The summed E-state index contributed by atoms with van der Waals surface area (Å²) in [4.78, 5) is 9.33. The zero-order valence-electron chi connectivity index (χ0n) is 13.0. The van der Waals surface area contributed by atoms with Crippen LogP contribution in [0.25, 0.3) is 0 Å². The van der Waals surface area contributed by atoms with Crippen LogP contribution in [0.2, 0.25) is 0 Å². The molecule has 1 aliphatic heterocycles. The van der Waals surface area contributed by atoms with Crippen molar-refractivity contribution in [2.75, 3.05) is 38.6 Å².